The van der Waals surface area contributed by atoms with Crippen LogP contribution in [0, 0.1) is 0 Å². The smallest absolute Gasteiger partial charge is 0.342 e. The maximum absolute atomic E-state index is 12.3. The summed E-state index contributed by atoms with van der Waals surface area (Å²) in [5.74, 6) is -1.79. The van der Waals surface area contributed by atoms with Gasteiger partial charge in [-0.15, -0.1) is 0 Å². The molecule has 1 aromatic heterocycles. The van der Waals surface area contributed by atoms with Gasteiger partial charge in [0.2, 0.25) is 5.91 Å². The normalized spacial score (nSPS) is 11.4. The highest BCUT2D eigenvalue weighted by Crippen LogP contribution is 2.16. The van der Waals surface area contributed by atoms with Crippen molar-refractivity contribution in [3.05, 3.63) is 58.9 Å². The van der Waals surface area contributed by atoms with E-state index in [4.69, 9.17) is 22.1 Å². The Bertz CT molecular complexity index is 793. The summed E-state index contributed by atoms with van der Waals surface area (Å²) in [7, 11) is 0. The Morgan fingerprint density at radius 2 is 1.92 bits per heavy atom. The van der Waals surface area contributed by atoms with E-state index in [1.165, 1.54) is 36.5 Å². The lowest BCUT2D eigenvalue weighted by molar-refractivity contribution is -0.124. The summed E-state index contributed by atoms with van der Waals surface area (Å²) in [6.45, 7) is 1.71. The molecule has 1 atom stereocenters. The van der Waals surface area contributed by atoms with Gasteiger partial charge in [-0.25, -0.2) is 9.78 Å². The number of halogens is 1. The molecule has 0 saturated heterocycles. The van der Waals surface area contributed by atoms with Gasteiger partial charge in [-0.2, -0.15) is 0 Å². The molecule has 0 aliphatic rings. The summed E-state index contributed by atoms with van der Waals surface area (Å²) in [6.07, 6.45) is 0.716. The summed E-state index contributed by atoms with van der Waals surface area (Å²) in [6, 6.07) is 9.05. The molecule has 2 amide bonds. The van der Waals surface area contributed by atoms with Gasteiger partial charge in [0.05, 0.1) is 5.56 Å². The Hall–Kier alpha value is -2.93. The second kappa shape index (κ2) is 8.25. The maximum Gasteiger partial charge on any atom is 0.342 e. The highest BCUT2D eigenvalue weighted by atomic mass is 35.5. The number of nitrogens with zero attached hydrogens (tertiary/aromatic N) is 1. The summed E-state index contributed by atoms with van der Waals surface area (Å²) in [4.78, 5) is 39.2. The number of benzene rings is 1. The van der Waals surface area contributed by atoms with Crippen LogP contribution in [0.4, 0.5) is 5.69 Å². The number of carbonyl (C=O) groups excluding carboxylic acids is 3. The minimum absolute atomic E-state index is 0.00445. The third-order valence-corrected chi connectivity index (χ3v) is 3.63. The largest absolute Gasteiger partial charge is 0.449 e. The molecule has 0 radical (unpaired) electrons. The van der Waals surface area contributed by atoms with Gasteiger partial charge < -0.3 is 15.8 Å². The number of nitrogens with two attached hydrogens (primary N) is 1. The van der Waals surface area contributed by atoms with Gasteiger partial charge >= 0.3 is 5.97 Å². The molecule has 2 rings (SSSR count). The third kappa shape index (κ3) is 4.77. The van der Waals surface area contributed by atoms with E-state index in [1.54, 1.807) is 13.0 Å². The standard InChI is InChI=1S/C17H16ClN3O4/c1-2-13(25-17(24)12-4-3-9-20-14(12)18)16(23)21-11-7-5-10(6-8-11)15(19)22/h3-9,13H,2H2,1H3,(H2,19,22)(H,21,23). The highest BCUT2D eigenvalue weighted by Gasteiger charge is 2.23. The zero-order chi connectivity index (χ0) is 18.4. The lowest BCUT2D eigenvalue weighted by Crippen LogP contribution is -2.32. The monoisotopic (exact) mass is 361 g/mol. The molecular formula is C17H16ClN3O4. The Kier molecular flexibility index (Phi) is 6.08. The first-order chi connectivity index (χ1) is 11.9. The van der Waals surface area contributed by atoms with Crippen molar-refractivity contribution in [2.24, 2.45) is 5.73 Å². The molecular weight excluding hydrogens is 346 g/mol. The van der Waals surface area contributed by atoms with Crippen molar-refractivity contribution in [3.63, 3.8) is 0 Å². The molecule has 25 heavy (non-hydrogen) atoms. The number of esters is 1. The molecule has 7 nitrogen and oxygen atoms in total. The van der Waals surface area contributed by atoms with Crippen molar-refractivity contribution >= 4 is 35.1 Å². The fourth-order valence-corrected chi connectivity index (χ4v) is 2.19. The predicted molar refractivity (Wildman–Crippen MR) is 92.3 cm³/mol. The molecule has 0 fully saturated rings. The van der Waals surface area contributed by atoms with E-state index in [0.29, 0.717) is 11.3 Å². The summed E-state index contributed by atoms with van der Waals surface area (Å²) in [5, 5.41) is 2.62. The number of pyridine rings is 1. The first kappa shape index (κ1) is 18.4. The van der Waals surface area contributed by atoms with Gasteiger partial charge in [-0.3, -0.25) is 9.59 Å². The van der Waals surface area contributed by atoms with Crippen LogP contribution < -0.4 is 11.1 Å². The van der Waals surface area contributed by atoms with Crippen LogP contribution in [0.1, 0.15) is 34.1 Å². The Labute approximate surface area is 149 Å². The summed E-state index contributed by atoms with van der Waals surface area (Å²) in [5.41, 5.74) is 6.01. The molecule has 8 heteroatoms. The van der Waals surface area contributed by atoms with E-state index in [0.717, 1.165) is 0 Å². The number of hydrogen-bond donors (Lipinski definition) is 2. The van der Waals surface area contributed by atoms with Crippen LogP contribution in [0.2, 0.25) is 5.15 Å². The lowest BCUT2D eigenvalue weighted by Gasteiger charge is -2.16. The average Bonchev–Trinajstić information content (AvgIpc) is 2.60. The number of aromatic nitrogens is 1. The van der Waals surface area contributed by atoms with E-state index in [2.05, 4.69) is 10.3 Å². The minimum Gasteiger partial charge on any atom is -0.449 e. The van der Waals surface area contributed by atoms with Gasteiger partial charge in [0.15, 0.2) is 6.10 Å². The van der Waals surface area contributed by atoms with Crippen LogP contribution in [0.5, 0.6) is 0 Å². The van der Waals surface area contributed by atoms with Crippen LogP contribution >= 0.6 is 11.6 Å². The minimum atomic E-state index is -1.00. The van der Waals surface area contributed by atoms with Crippen LogP contribution in [0.15, 0.2) is 42.6 Å². The number of rotatable bonds is 6. The third-order valence-electron chi connectivity index (χ3n) is 3.33. The van der Waals surface area contributed by atoms with Gasteiger partial charge in [0.1, 0.15) is 5.15 Å². The van der Waals surface area contributed by atoms with Crippen LogP contribution in [-0.4, -0.2) is 28.9 Å². The number of primary amides is 1. The van der Waals surface area contributed by atoms with E-state index in [1.807, 2.05) is 0 Å². The fraction of sp³-hybridized carbons (Fsp3) is 0.176. The second-order valence-electron chi connectivity index (χ2n) is 5.07. The van der Waals surface area contributed by atoms with Crippen molar-refractivity contribution < 1.29 is 19.1 Å². The van der Waals surface area contributed by atoms with Crippen LogP contribution in [0.3, 0.4) is 0 Å². The summed E-state index contributed by atoms with van der Waals surface area (Å²) >= 11 is 5.85. The van der Waals surface area contributed by atoms with Crippen molar-refractivity contribution in [1.29, 1.82) is 0 Å². The van der Waals surface area contributed by atoms with Crippen molar-refractivity contribution in [1.82, 2.24) is 4.98 Å². The van der Waals surface area contributed by atoms with Crippen LogP contribution in [0.25, 0.3) is 0 Å². The van der Waals surface area contributed by atoms with Crippen molar-refractivity contribution in [2.45, 2.75) is 19.4 Å². The lowest BCUT2D eigenvalue weighted by atomic mass is 10.2. The SMILES string of the molecule is CCC(OC(=O)c1cccnc1Cl)C(=O)Nc1ccc(C(N)=O)cc1. The van der Waals surface area contributed by atoms with E-state index >= 15 is 0 Å². The molecule has 0 aliphatic carbocycles. The quantitative estimate of drug-likeness (QED) is 0.606. The molecule has 2 aromatic rings. The first-order valence-electron chi connectivity index (χ1n) is 7.44. The Balaban J connectivity index is 2.04. The van der Waals surface area contributed by atoms with Crippen molar-refractivity contribution in [2.75, 3.05) is 5.32 Å². The molecule has 1 unspecified atom stereocenters. The van der Waals surface area contributed by atoms with Crippen molar-refractivity contribution in [3.8, 4) is 0 Å². The molecule has 0 saturated carbocycles. The van der Waals surface area contributed by atoms with Crippen LogP contribution in [-0.2, 0) is 9.53 Å². The predicted octanol–water partition coefficient (Wildman–Crippen LogP) is 2.41. The van der Waals surface area contributed by atoms with E-state index < -0.39 is 23.9 Å². The number of amides is 2. The molecule has 1 heterocycles. The maximum atomic E-state index is 12.3. The van der Waals surface area contributed by atoms with Gasteiger partial charge in [0.25, 0.3) is 5.91 Å². The molecule has 3 N–H and O–H groups in total. The topological polar surface area (TPSA) is 111 Å². The van der Waals surface area contributed by atoms with E-state index in [-0.39, 0.29) is 17.1 Å². The zero-order valence-corrected chi connectivity index (χ0v) is 14.1. The molecule has 0 bridgehead atoms. The first-order valence-corrected chi connectivity index (χ1v) is 7.82. The number of hydrogen-bond acceptors (Lipinski definition) is 5. The Morgan fingerprint density at radius 1 is 1.24 bits per heavy atom. The number of anilines is 1. The van der Waals surface area contributed by atoms with Gasteiger partial charge in [-0.1, -0.05) is 18.5 Å². The summed E-state index contributed by atoms with van der Waals surface area (Å²) < 4.78 is 5.21. The molecule has 1 aromatic carbocycles. The molecule has 0 spiro atoms. The average molecular weight is 362 g/mol. The number of ether oxygens (including phenoxy) is 1. The molecule has 0 aliphatic heterocycles. The second-order valence-corrected chi connectivity index (χ2v) is 5.43. The highest BCUT2D eigenvalue weighted by molar-refractivity contribution is 6.32. The fourth-order valence-electron chi connectivity index (χ4n) is 1.99. The molecule has 130 valence electrons. The Morgan fingerprint density at radius 3 is 2.48 bits per heavy atom. The number of nitrogens with one attached hydrogen (secondary N) is 1. The van der Waals surface area contributed by atoms with Gasteiger partial charge in [-0.05, 0) is 42.8 Å². The zero-order valence-electron chi connectivity index (χ0n) is 13.4. The van der Waals surface area contributed by atoms with Gasteiger partial charge in [0, 0.05) is 17.4 Å². The van der Waals surface area contributed by atoms with E-state index in [9.17, 15) is 14.4 Å². The number of carbonyl (C=O) groups is 3.